The van der Waals surface area contributed by atoms with E-state index in [-0.39, 0.29) is 37.6 Å². The maximum atomic E-state index is 11.4. The molecule has 0 aliphatic heterocycles. The number of fused-ring (bicyclic) bond motifs is 5. The minimum absolute atomic E-state index is 0. The predicted molar refractivity (Wildman–Crippen MR) is 243 cm³/mol. The number of para-hydroxylation sites is 2. The second kappa shape index (κ2) is 14.8. The topological polar surface area (TPSA) is 64.1 Å². The minimum Gasteiger partial charge on any atom is -0.507 e. The Labute approximate surface area is 364 Å². The number of hydrogen-bond donors (Lipinski definition) is 1. The van der Waals surface area contributed by atoms with Crippen molar-refractivity contribution in [1.29, 1.82) is 0 Å². The summed E-state index contributed by atoms with van der Waals surface area (Å²) in [5.74, 6) is 0.824. The van der Waals surface area contributed by atoms with E-state index in [9.17, 15) is 5.11 Å². The Hall–Kier alpha value is -6.29. The Kier molecular flexibility index (Phi) is 9.64. The maximum Gasteiger partial charge on any atom is 0.148 e. The van der Waals surface area contributed by atoms with Crippen LogP contribution in [0.1, 0.15) is 52.7 Å². The molecule has 6 heteroatoms. The standard InChI is InChI=1S/C54H44N3O2.Pt/c1-53(2,3)38-23-24-46(42(30-38)33-15-8-7-9-16-33)57-47-21-14-20-40(51(47)56-52(57)41-19-12-13-22-48(41)58)36-25-37(27-39(26-36)54(4,5)6)45-31-50-44(32-55-45)43-28-34-17-10-11-18-35(34)29-49(43)59-50;/h7-24,26-32,58H,1-6H3;/q-1;. The zero-order valence-corrected chi connectivity index (χ0v) is 36.7. The van der Waals surface area contributed by atoms with Gasteiger partial charge in [-0.15, -0.1) is 29.3 Å². The normalized spacial score (nSPS) is 12.1. The van der Waals surface area contributed by atoms with Crippen molar-refractivity contribution in [3.63, 3.8) is 0 Å². The summed E-state index contributed by atoms with van der Waals surface area (Å²) in [5.41, 5.74) is 12.9. The number of rotatable bonds is 5. The Morgan fingerprint density at radius 3 is 2.00 bits per heavy atom. The molecule has 10 aromatic rings. The maximum absolute atomic E-state index is 11.4. The van der Waals surface area contributed by atoms with Crippen molar-refractivity contribution in [3.8, 4) is 56.3 Å². The summed E-state index contributed by atoms with van der Waals surface area (Å²) in [4.78, 5) is 10.5. The van der Waals surface area contributed by atoms with Crippen LogP contribution in [0.3, 0.4) is 0 Å². The van der Waals surface area contributed by atoms with E-state index in [1.54, 1.807) is 6.07 Å². The van der Waals surface area contributed by atoms with E-state index in [0.717, 1.165) is 83.1 Å². The number of furan rings is 1. The van der Waals surface area contributed by atoms with Crippen molar-refractivity contribution < 1.29 is 30.6 Å². The van der Waals surface area contributed by atoms with Crippen LogP contribution in [-0.4, -0.2) is 19.6 Å². The van der Waals surface area contributed by atoms with Crippen LogP contribution in [0.2, 0.25) is 0 Å². The van der Waals surface area contributed by atoms with Gasteiger partial charge < -0.3 is 9.52 Å². The summed E-state index contributed by atoms with van der Waals surface area (Å²) < 4.78 is 8.69. The third-order valence-corrected chi connectivity index (χ3v) is 11.5. The molecule has 0 spiro atoms. The van der Waals surface area contributed by atoms with Gasteiger partial charge in [-0.05, 0) is 81.3 Å². The first kappa shape index (κ1) is 39.2. The Balaban J connectivity index is 0.00000462. The van der Waals surface area contributed by atoms with Gasteiger partial charge in [0.25, 0.3) is 0 Å². The number of benzene rings is 7. The molecule has 0 fully saturated rings. The van der Waals surface area contributed by atoms with Gasteiger partial charge in [0.1, 0.15) is 22.7 Å². The predicted octanol–water partition coefficient (Wildman–Crippen LogP) is 14.2. The molecule has 0 aliphatic rings. The van der Waals surface area contributed by atoms with Gasteiger partial charge in [0, 0.05) is 49.3 Å². The molecule has 3 aromatic heterocycles. The summed E-state index contributed by atoms with van der Waals surface area (Å²) >= 11 is 0. The summed E-state index contributed by atoms with van der Waals surface area (Å²) in [7, 11) is 0. The van der Waals surface area contributed by atoms with E-state index in [0.29, 0.717) is 11.4 Å². The number of pyridine rings is 1. The molecule has 10 rings (SSSR count). The van der Waals surface area contributed by atoms with E-state index >= 15 is 0 Å². The van der Waals surface area contributed by atoms with Crippen LogP contribution in [0.5, 0.6) is 5.75 Å². The van der Waals surface area contributed by atoms with Crippen LogP contribution in [0.15, 0.2) is 156 Å². The number of phenols is 1. The van der Waals surface area contributed by atoms with Crippen molar-refractivity contribution in [1.82, 2.24) is 14.5 Å². The van der Waals surface area contributed by atoms with Crippen LogP contribution in [0, 0.1) is 6.07 Å². The minimum atomic E-state index is -0.171. The van der Waals surface area contributed by atoms with Crippen molar-refractivity contribution in [3.05, 3.63) is 169 Å². The van der Waals surface area contributed by atoms with Gasteiger partial charge in [0.2, 0.25) is 0 Å². The van der Waals surface area contributed by atoms with Gasteiger partial charge in [-0.2, -0.15) is 0 Å². The monoisotopic (exact) mass is 961 g/mol. The largest absolute Gasteiger partial charge is 0.507 e. The fraction of sp³-hybridized carbons (Fsp3) is 0.148. The second-order valence-electron chi connectivity index (χ2n) is 17.6. The molecular weight excluding hydrogens is 918 g/mol. The third-order valence-electron chi connectivity index (χ3n) is 11.5. The molecule has 7 aromatic carbocycles. The van der Waals surface area contributed by atoms with Crippen LogP contribution in [0.25, 0.3) is 94.3 Å². The smallest absolute Gasteiger partial charge is 0.148 e. The zero-order chi connectivity index (χ0) is 40.6. The molecule has 0 atom stereocenters. The van der Waals surface area contributed by atoms with E-state index in [1.807, 2.05) is 36.5 Å². The Morgan fingerprint density at radius 1 is 0.583 bits per heavy atom. The molecule has 1 N–H and O–H groups in total. The summed E-state index contributed by atoms with van der Waals surface area (Å²) in [6, 6.07) is 53.9. The van der Waals surface area contributed by atoms with E-state index in [1.165, 1.54) is 10.9 Å². The Morgan fingerprint density at radius 2 is 1.25 bits per heavy atom. The van der Waals surface area contributed by atoms with E-state index in [4.69, 9.17) is 14.4 Å². The molecule has 298 valence electrons. The third kappa shape index (κ3) is 6.81. The first-order chi connectivity index (χ1) is 28.4. The summed E-state index contributed by atoms with van der Waals surface area (Å²) in [6.07, 6.45) is 1.93. The van der Waals surface area contributed by atoms with Crippen molar-refractivity contribution in [2.75, 3.05) is 0 Å². The molecule has 60 heavy (non-hydrogen) atoms. The fourth-order valence-electron chi connectivity index (χ4n) is 8.24. The first-order valence-corrected chi connectivity index (χ1v) is 20.2. The molecule has 5 nitrogen and oxygen atoms in total. The zero-order valence-electron chi connectivity index (χ0n) is 34.4. The first-order valence-electron chi connectivity index (χ1n) is 20.2. The van der Waals surface area contributed by atoms with Crippen LogP contribution in [-0.2, 0) is 31.9 Å². The molecule has 0 saturated heterocycles. The van der Waals surface area contributed by atoms with Gasteiger partial charge in [-0.25, -0.2) is 4.98 Å². The fourth-order valence-corrected chi connectivity index (χ4v) is 8.24. The number of imidazole rings is 1. The molecule has 0 amide bonds. The van der Waals surface area contributed by atoms with Crippen LogP contribution in [0.4, 0.5) is 0 Å². The average molecular weight is 962 g/mol. The van der Waals surface area contributed by atoms with Crippen molar-refractivity contribution in [2.24, 2.45) is 0 Å². The molecule has 0 bridgehead atoms. The Bertz CT molecular complexity index is 3250. The molecule has 0 unspecified atom stereocenters. The van der Waals surface area contributed by atoms with E-state index < -0.39 is 0 Å². The molecule has 3 heterocycles. The van der Waals surface area contributed by atoms with Gasteiger partial charge in [0.15, 0.2) is 0 Å². The average Bonchev–Trinajstić information content (AvgIpc) is 3.80. The number of aromatic hydroxyl groups is 1. The molecule has 0 radical (unpaired) electrons. The number of phenolic OH excluding ortho intramolecular Hbond substituents is 1. The number of hydrogen-bond acceptors (Lipinski definition) is 4. The number of aromatic nitrogens is 3. The summed E-state index contributed by atoms with van der Waals surface area (Å²) in [6.45, 7) is 13.4. The van der Waals surface area contributed by atoms with Crippen molar-refractivity contribution >= 4 is 43.7 Å². The SMILES string of the molecule is CC(C)(C)c1cc(-c2cc3oc4cc5ccccc5cc4c3cn2)[c-]c(-c2cccc3c2nc(-c2ccccc2O)n3-c2ccc(C(C)(C)C)cc2-c2ccccc2)c1.[Pt]. The van der Waals surface area contributed by atoms with E-state index in [2.05, 4.69) is 161 Å². The molecule has 0 saturated carbocycles. The van der Waals surface area contributed by atoms with Gasteiger partial charge in [0.05, 0.1) is 22.3 Å². The van der Waals surface area contributed by atoms with Gasteiger partial charge in [-0.1, -0.05) is 138 Å². The number of nitrogens with zero attached hydrogens (tertiary/aromatic N) is 3. The molecule has 0 aliphatic carbocycles. The van der Waals surface area contributed by atoms with Gasteiger partial charge in [-0.3, -0.25) is 9.55 Å². The quantitative estimate of drug-likeness (QED) is 0.175. The van der Waals surface area contributed by atoms with Gasteiger partial charge >= 0.3 is 0 Å². The second-order valence-corrected chi connectivity index (χ2v) is 17.6. The van der Waals surface area contributed by atoms with Crippen LogP contribution < -0.4 is 0 Å². The van der Waals surface area contributed by atoms with Crippen molar-refractivity contribution in [2.45, 2.75) is 52.4 Å². The van der Waals surface area contributed by atoms with Crippen LogP contribution >= 0.6 is 0 Å². The molecular formula is C54H44N3O2Pt-. The summed E-state index contributed by atoms with van der Waals surface area (Å²) in [5, 5.41) is 15.7.